The summed E-state index contributed by atoms with van der Waals surface area (Å²) in [6, 6.07) is 5.98. The largest absolute Gasteiger partial charge is 0.374 e. The molecule has 0 aliphatic heterocycles. The van der Waals surface area contributed by atoms with Gasteiger partial charge in [-0.1, -0.05) is 6.07 Å². The van der Waals surface area contributed by atoms with E-state index in [9.17, 15) is 13.2 Å². The Kier molecular flexibility index (Phi) is 6.19. The lowest BCUT2D eigenvalue weighted by atomic mass is 10.1. The highest BCUT2D eigenvalue weighted by molar-refractivity contribution is 5.34. The fraction of sp³-hybridized carbons (Fsp3) is 0.417. The Hall–Kier alpha value is -1.58. The van der Waals surface area contributed by atoms with Gasteiger partial charge in [0.2, 0.25) is 0 Å². The third-order valence-electron chi connectivity index (χ3n) is 2.15. The second kappa shape index (κ2) is 7.69. The molecule has 1 N–H and O–H groups in total. The summed E-state index contributed by atoms with van der Waals surface area (Å²) in [5.74, 6) is -0.554. The number of halogens is 3. The lowest BCUT2D eigenvalue weighted by Gasteiger charge is -2.06. The highest BCUT2D eigenvalue weighted by atomic mass is 19.3. The summed E-state index contributed by atoms with van der Waals surface area (Å²) in [5, 5.41) is 11.6. The molecule has 1 aromatic rings. The highest BCUT2D eigenvalue weighted by Gasteiger charge is 2.03. The van der Waals surface area contributed by atoms with Crippen LogP contribution in [-0.4, -0.2) is 26.2 Å². The first-order valence-electron chi connectivity index (χ1n) is 5.38. The van der Waals surface area contributed by atoms with Crippen LogP contribution in [0.5, 0.6) is 0 Å². The van der Waals surface area contributed by atoms with Crippen LogP contribution in [0.25, 0.3) is 0 Å². The van der Waals surface area contributed by atoms with E-state index in [1.165, 1.54) is 12.1 Å². The van der Waals surface area contributed by atoms with Gasteiger partial charge in [-0.2, -0.15) is 5.26 Å². The van der Waals surface area contributed by atoms with Crippen molar-refractivity contribution in [3.8, 4) is 6.07 Å². The second-order valence-electron chi connectivity index (χ2n) is 3.57. The van der Waals surface area contributed by atoms with Gasteiger partial charge in [-0.3, -0.25) is 0 Å². The van der Waals surface area contributed by atoms with E-state index >= 15 is 0 Å². The Morgan fingerprint density at radius 2 is 2.17 bits per heavy atom. The normalized spacial score (nSPS) is 10.6. The van der Waals surface area contributed by atoms with Crippen molar-refractivity contribution in [2.75, 3.05) is 19.8 Å². The maximum atomic E-state index is 13.0. The van der Waals surface area contributed by atoms with Gasteiger partial charge >= 0.3 is 0 Å². The minimum Gasteiger partial charge on any atom is -0.374 e. The lowest BCUT2D eigenvalue weighted by Crippen LogP contribution is -2.20. The van der Waals surface area contributed by atoms with E-state index in [0.717, 1.165) is 5.56 Å². The number of hydrogen-bond acceptors (Lipinski definition) is 3. The summed E-state index contributed by atoms with van der Waals surface area (Å²) in [7, 11) is 0. The highest BCUT2D eigenvalue weighted by Crippen LogP contribution is 2.09. The van der Waals surface area contributed by atoms with E-state index in [1.807, 2.05) is 0 Å². The number of rotatable bonds is 7. The van der Waals surface area contributed by atoms with Crippen LogP contribution in [0.2, 0.25) is 0 Å². The molecular formula is C12H13F3N2O. The fourth-order valence-electron chi connectivity index (χ4n) is 1.32. The molecule has 0 saturated carbocycles. The van der Waals surface area contributed by atoms with Crippen LogP contribution in [0.1, 0.15) is 11.1 Å². The molecule has 18 heavy (non-hydrogen) atoms. The van der Waals surface area contributed by atoms with E-state index in [2.05, 4.69) is 10.1 Å². The van der Waals surface area contributed by atoms with E-state index in [1.54, 1.807) is 12.1 Å². The molecule has 0 amide bonds. The van der Waals surface area contributed by atoms with Crippen molar-refractivity contribution in [2.24, 2.45) is 0 Å². The Morgan fingerprint density at radius 3 is 2.83 bits per heavy atom. The molecule has 1 rings (SSSR count). The van der Waals surface area contributed by atoms with Gasteiger partial charge in [0.1, 0.15) is 18.5 Å². The maximum Gasteiger partial charge on any atom is 0.261 e. The van der Waals surface area contributed by atoms with Crippen LogP contribution in [0.4, 0.5) is 13.2 Å². The topological polar surface area (TPSA) is 45.0 Å². The molecule has 0 aliphatic rings. The first-order valence-corrected chi connectivity index (χ1v) is 5.38. The Labute approximate surface area is 103 Å². The standard InChI is InChI=1S/C12H13F3N2O/c13-11-2-1-9(5-10(11)6-16)7-17-3-4-18-8-12(14)15/h1-2,5,12,17H,3-4,7-8H2. The predicted octanol–water partition coefficient (Wildman–Crippen LogP) is 2.07. The predicted molar refractivity (Wildman–Crippen MR) is 59.6 cm³/mol. The van der Waals surface area contributed by atoms with Gasteiger partial charge in [-0.25, -0.2) is 13.2 Å². The molecule has 0 unspecified atom stereocenters. The molecule has 0 spiro atoms. The molecule has 0 fully saturated rings. The Balaban J connectivity index is 2.26. The monoisotopic (exact) mass is 258 g/mol. The molecule has 0 aliphatic carbocycles. The average Bonchev–Trinajstić information content (AvgIpc) is 2.35. The molecule has 0 aromatic heterocycles. The summed E-state index contributed by atoms with van der Waals surface area (Å²) in [4.78, 5) is 0. The number of nitrogens with one attached hydrogen (secondary N) is 1. The third kappa shape index (κ3) is 5.17. The zero-order valence-corrected chi connectivity index (χ0v) is 9.63. The molecule has 6 heteroatoms. The van der Waals surface area contributed by atoms with Gasteiger partial charge in [0.25, 0.3) is 6.43 Å². The molecule has 0 atom stereocenters. The average molecular weight is 258 g/mol. The summed E-state index contributed by atoms with van der Waals surface area (Å²) in [6.07, 6.45) is -2.46. The molecule has 0 bridgehead atoms. The maximum absolute atomic E-state index is 13.0. The third-order valence-corrected chi connectivity index (χ3v) is 2.15. The van der Waals surface area contributed by atoms with E-state index in [4.69, 9.17) is 5.26 Å². The first kappa shape index (κ1) is 14.5. The van der Waals surface area contributed by atoms with Gasteiger partial charge in [-0.15, -0.1) is 0 Å². The molecule has 1 aromatic carbocycles. The molecule has 3 nitrogen and oxygen atoms in total. The van der Waals surface area contributed by atoms with Gasteiger partial charge < -0.3 is 10.1 Å². The van der Waals surface area contributed by atoms with Gasteiger partial charge in [0.15, 0.2) is 0 Å². The zero-order chi connectivity index (χ0) is 13.4. The van der Waals surface area contributed by atoms with Crippen molar-refractivity contribution < 1.29 is 17.9 Å². The molecule has 0 heterocycles. The van der Waals surface area contributed by atoms with Crippen molar-refractivity contribution in [3.05, 3.63) is 35.1 Å². The van der Waals surface area contributed by atoms with Crippen LogP contribution >= 0.6 is 0 Å². The SMILES string of the molecule is N#Cc1cc(CNCCOCC(F)F)ccc1F. The number of hydrogen-bond donors (Lipinski definition) is 1. The number of alkyl halides is 2. The van der Waals surface area contributed by atoms with Crippen LogP contribution in [0.3, 0.4) is 0 Å². The van der Waals surface area contributed by atoms with Crippen molar-refractivity contribution in [1.29, 1.82) is 5.26 Å². The van der Waals surface area contributed by atoms with Crippen molar-refractivity contribution in [3.63, 3.8) is 0 Å². The summed E-state index contributed by atoms with van der Waals surface area (Å²) < 4.78 is 41.1. The van der Waals surface area contributed by atoms with Crippen LogP contribution in [-0.2, 0) is 11.3 Å². The number of benzene rings is 1. The van der Waals surface area contributed by atoms with Gasteiger partial charge in [0, 0.05) is 13.1 Å². The summed E-state index contributed by atoms with van der Waals surface area (Å²) in [5.41, 5.74) is 0.741. The van der Waals surface area contributed by atoms with Gasteiger partial charge in [0.05, 0.1) is 12.2 Å². The second-order valence-corrected chi connectivity index (χ2v) is 3.57. The number of nitriles is 1. The zero-order valence-electron chi connectivity index (χ0n) is 9.63. The minimum absolute atomic E-state index is 0.0109. The lowest BCUT2D eigenvalue weighted by molar-refractivity contribution is 0.0187. The minimum atomic E-state index is -2.46. The van der Waals surface area contributed by atoms with E-state index < -0.39 is 18.8 Å². The summed E-state index contributed by atoms with van der Waals surface area (Å²) in [6.45, 7) is 0.437. The smallest absolute Gasteiger partial charge is 0.261 e. The molecule has 0 saturated heterocycles. The molecule has 0 radical (unpaired) electrons. The van der Waals surface area contributed by atoms with Crippen LogP contribution in [0, 0.1) is 17.1 Å². The van der Waals surface area contributed by atoms with Crippen molar-refractivity contribution in [2.45, 2.75) is 13.0 Å². The molecule has 98 valence electrons. The van der Waals surface area contributed by atoms with E-state index in [0.29, 0.717) is 13.1 Å². The van der Waals surface area contributed by atoms with Crippen molar-refractivity contribution >= 4 is 0 Å². The quantitative estimate of drug-likeness (QED) is 0.761. The fourth-order valence-corrected chi connectivity index (χ4v) is 1.32. The van der Waals surface area contributed by atoms with Gasteiger partial charge in [-0.05, 0) is 17.7 Å². The first-order chi connectivity index (χ1) is 8.63. The molecular weight excluding hydrogens is 245 g/mol. The van der Waals surface area contributed by atoms with Crippen molar-refractivity contribution in [1.82, 2.24) is 5.32 Å². The number of ether oxygens (including phenoxy) is 1. The van der Waals surface area contributed by atoms with E-state index in [-0.39, 0.29) is 12.2 Å². The van der Waals surface area contributed by atoms with Crippen LogP contribution < -0.4 is 5.32 Å². The number of nitrogens with zero attached hydrogens (tertiary/aromatic N) is 1. The Bertz CT molecular complexity index is 418. The Morgan fingerprint density at radius 1 is 1.39 bits per heavy atom. The van der Waals surface area contributed by atoms with Crippen LogP contribution in [0.15, 0.2) is 18.2 Å². The summed E-state index contributed by atoms with van der Waals surface area (Å²) >= 11 is 0.